The van der Waals surface area contributed by atoms with Gasteiger partial charge >= 0.3 is 6.09 Å². The average Bonchev–Trinajstić information content (AvgIpc) is 2.74. The number of ether oxygens (including phenoxy) is 1. The molecular formula is C23H26N2O4. The van der Waals surface area contributed by atoms with Crippen LogP contribution in [0.15, 0.2) is 54.6 Å². The quantitative estimate of drug-likeness (QED) is 0.626. The summed E-state index contributed by atoms with van der Waals surface area (Å²) in [6.45, 7) is 1.77. The minimum atomic E-state index is -0.761. The van der Waals surface area contributed by atoms with Gasteiger partial charge in [-0.1, -0.05) is 54.6 Å². The summed E-state index contributed by atoms with van der Waals surface area (Å²) in [6, 6.07) is 17.2. The summed E-state index contributed by atoms with van der Waals surface area (Å²) < 4.78 is 5.66. The summed E-state index contributed by atoms with van der Waals surface area (Å²) >= 11 is 0. The SMILES string of the molecule is O=C(O[C@H]1C[N+]2([O-])CCC1CC2)N1C[C@H](O)c2ccccc2[C@@H]1c1ccccc1. The first-order valence-electron chi connectivity index (χ1n) is 10.4. The van der Waals surface area contributed by atoms with Crippen LogP contribution in [0.1, 0.15) is 41.7 Å². The number of nitrogens with zero attached hydrogens (tertiary/aromatic N) is 2. The van der Waals surface area contributed by atoms with Crippen molar-refractivity contribution < 1.29 is 19.3 Å². The number of rotatable bonds is 2. The number of fused-ring (bicyclic) bond motifs is 4. The van der Waals surface area contributed by atoms with Crippen molar-refractivity contribution in [1.29, 1.82) is 0 Å². The third-order valence-electron chi connectivity index (χ3n) is 6.79. The highest BCUT2D eigenvalue weighted by atomic mass is 16.6. The van der Waals surface area contributed by atoms with E-state index >= 15 is 0 Å². The van der Waals surface area contributed by atoms with Gasteiger partial charge in [0.1, 0.15) is 6.54 Å². The molecule has 6 heteroatoms. The van der Waals surface area contributed by atoms with Crippen molar-refractivity contribution in [2.45, 2.75) is 31.1 Å². The molecule has 0 aromatic heterocycles. The van der Waals surface area contributed by atoms with Gasteiger partial charge in [-0.05, 0) is 16.7 Å². The highest BCUT2D eigenvalue weighted by Gasteiger charge is 2.45. The van der Waals surface area contributed by atoms with Gasteiger partial charge in [0.25, 0.3) is 0 Å². The topological polar surface area (TPSA) is 72.8 Å². The van der Waals surface area contributed by atoms with Gasteiger partial charge in [0, 0.05) is 18.8 Å². The van der Waals surface area contributed by atoms with Crippen LogP contribution in [-0.2, 0) is 4.74 Å². The number of amides is 1. The zero-order valence-electron chi connectivity index (χ0n) is 16.3. The normalized spacial score (nSPS) is 33.2. The summed E-state index contributed by atoms with van der Waals surface area (Å²) in [5.41, 5.74) is 2.73. The number of carbonyl (C=O) groups excluding carboxylic acids is 1. The molecule has 0 radical (unpaired) electrons. The number of aliphatic hydroxyl groups excluding tert-OH is 1. The molecule has 4 aliphatic rings. The molecule has 2 bridgehead atoms. The first-order valence-corrected chi connectivity index (χ1v) is 10.4. The molecule has 6 nitrogen and oxygen atoms in total. The number of hydroxylamine groups is 3. The molecule has 2 aromatic carbocycles. The second-order valence-corrected chi connectivity index (χ2v) is 8.56. The van der Waals surface area contributed by atoms with E-state index < -0.39 is 12.2 Å². The zero-order valence-corrected chi connectivity index (χ0v) is 16.3. The lowest BCUT2D eigenvalue weighted by molar-refractivity contribution is -0.900. The van der Waals surface area contributed by atoms with Gasteiger partial charge < -0.3 is 19.7 Å². The van der Waals surface area contributed by atoms with Gasteiger partial charge in [-0.3, -0.25) is 4.90 Å². The number of hydrogen-bond acceptors (Lipinski definition) is 4. The highest BCUT2D eigenvalue weighted by molar-refractivity contribution is 5.70. The monoisotopic (exact) mass is 394 g/mol. The van der Waals surface area contributed by atoms with E-state index in [1.165, 1.54) is 0 Å². The van der Waals surface area contributed by atoms with E-state index in [0.717, 1.165) is 29.5 Å². The molecule has 1 N–H and O–H groups in total. The standard InChI is InChI=1S/C23H26N2O4/c26-20-14-24(23(27)29-21-15-25(28)12-10-16(21)11-13-25)22(17-6-2-1-3-7-17)19-9-5-4-8-18(19)20/h1-9,16,20-22,26H,10-15H2/t16?,20-,21-,22-,25?/m0/s1. The number of carbonyl (C=O) groups is 1. The van der Waals surface area contributed by atoms with Crippen molar-refractivity contribution in [3.8, 4) is 0 Å². The highest BCUT2D eigenvalue weighted by Crippen LogP contribution is 2.40. The third-order valence-corrected chi connectivity index (χ3v) is 6.79. The number of β-amino-alcohol motifs (C(OH)–C–C–N with tert-alkyl or cyclic N) is 1. The Morgan fingerprint density at radius 1 is 1.03 bits per heavy atom. The number of benzene rings is 2. The minimum Gasteiger partial charge on any atom is -0.633 e. The fraction of sp³-hybridized carbons (Fsp3) is 0.435. The van der Waals surface area contributed by atoms with Gasteiger partial charge in [0.15, 0.2) is 6.10 Å². The predicted octanol–water partition coefficient (Wildman–Crippen LogP) is 3.37. The summed E-state index contributed by atoms with van der Waals surface area (Å²) in [7, 11) is 0. The molecule has 2 aromatic rings. The zero-order chi connectivity index (χ0) is 20.0. The van der Waals surface area contributed by atoms with Crippen molar-refractivity contribution in [2.24, 2.45) is 5.92 Å². The number of quaternary nitrogens is 1. The van der Waals surface area contributed by atoms with Gasteiger partial charge in [-0.25, -0.2) is 4.79 Å². The first kappa shape index (κ1) is 18.6. The summed E-state index contributed by atoms with van der Waals surface area (Å²) in [6.07, 6.45) is 0.0819. The molecule has 1 amide bonds. The number of hydrogen-bond donors (Lipinski definition) is 1. The van der Waals surface area contributed by atoms with Crippen LogP contribution in [0.4, 0.5) is 4.79 Å². The lowest BCUT2D eigenvalue weighted by Crippen LogP contribution is -2.61. The van der Waals surface area contributed by atoms with Crippen LogP contribution in [0, 0.1) is 11.1 Å². The molecule has 3 fully saturated rings. The fourth-order valence-electron chi connectivity index (χ4n) is 5.22. The minimum absolute atomic E-state index is 0.171. The smallest absolute Gasteiger partial charge is 0.411 e. The third kappa shape index (κ3) is 3.31. The largest absolute Gasteiger partial charge is 0.633 e. The Labute approximate surface area is 170 Å². The summed E-state index contributed by atoms with van der Waals surface area (Å²) in [4.78, 5) is 14.9. The number of piperidine rings is 3. The first-order chi connectivity index (χ1) is 14.0. The van der Waals surface area contributed by atoms with Crippen molar-refractivity contribution in [2.75, 3.05) is 26.2 Å². The fourth-order valence-corrected chi connectivity index (χ4v) is 5.22. The summed E-state index contributed by atoms with van der Waals surface area (Å²) in [5.74, 6) is 0.269. The Morgan fingerprint density at radius 3 is 2.38 bits per heavy atom. The van der Waals surface area contributed by atoms with Gasteiger partial charge in [-0.2, -0.15) is 0 Å². The lowest BCUT2D eigenvalue weighted by atomic mass is 9.85. The predicted molar refractivity (Wildman–Crippen MR) is 108 cm³/mol. The van der Waals surface area contributed by atoms with Crippen molar-refractivity contribution in [3.63, 3.8) is 0 Å². The molecule has 29 heavy (non-hydrogen) atoms. The van der Waals surface area contributed by atoms with E-state index in [1.807, 2.05) is 54.6 Å². The maximum Gasteiger partial charge on any atom is 0.411 e. The Bertz CT molecular complexity index is 895. The molecule has 152 valence electrons. The van der Waals surface area contributed by atoms with Crippen molar-refractivity contribution in [3.05, 3.63) is 76.5 Å². The van der Waals surface area contributed by atoms with E-state index in [0.29, 0.717) is 19.6 Å². The van der Waals surface area contributed by atoms with Gasteiger partial charge in [-0.15, -0.1) is 0 Å². The van der Waals surface area contributed by atoms with Crippen LogP contribution in [0.3, 0.4) is 0 Å². The second-order valence-electron chi connectivity index (χ2n) is 8.56. The second kappa shape index (κ2) is 7.13. The average molecular weight is 394 g/mol. The molecular weight excluding hydrogens is 368 g/mol. The van der Waals surface area contributed by atoms with Crippen LogP contribution in [0.2, 0.25) is 0 Å². The van der Waals surface area contributed by atoms with Crippen LogP contribution < -0.4 is 0 Å². The van der Waals surface area contributed by atoms with Crippen molar-refractivity contribution >= 4 is 6.09 Å². The molecule has 0 aliphatic carbocycles. The maximum absolute atomic E-state index is 13.3. The Kier molecular flexibility index (Phi) is 4.57. The summed E-state index contributed by atoms with van der Waals surface area (Å²) in [5, 5.41) is 23.4. The van der Waals surface area contributed by atoms with E-state index in [2.05, 4.69) is 0 Å². The van der Waals surface area contributed by atoms with Gasteiger partial charge in [0.2, 0.25) is 0 Å². The van der Waals surface area contributed by atoms with E-state index in [-0.39, 0.29) is 29.3 Å². The molecule has 3 atom stereocenters. The molecule has 0 saturated carbocycles. The maximum atomic E-state index is 13.3. The van der Waals surface area contributed by atoms with Crippen LogP contribution >= 0.6 is 0 Å². The Hall–Kier alpha value is -2.41. The van der Waals surface area contributed by atoms with E-state index in [4.69, 9.17) is 4.74 Å². The van der Waals surface area contributed by atoms with Crippen LogP contribution in [0.25, 0.3) is 0 Å². The molecule has 0 unspecified atom stereocenters. The molecule has 6 rings (SSSR count). The van der Waals surface area contributed by atoms with E-state index in [1.54, 1.807) is 4.90 Å². The Morgan fingerprint density at radius 2 is 1.69 bits per heavy atom. The molecule has 4 heterocycles. The van der Waals surface area contributed by atoms with Gasteiger partial charge in [0.05, 0.1) is 31.8 Å². The molecule has 0 spiro atoms. The lowest BCUT2D eigenvalue weighted by Gasteiger charge is -2.55. The Balaban J connectivity index is 1.45. The number of aliphatic hydroxyl groups is 1. The van der Waals surface area contributed by atoms with Crippen LogP contribution in [-0.4, -0.2) is 53.0 Å². The molecule has 3 saturated heterocycles. The van der Waals surface area contributed by atoms with E-state index in [9.17, 15) is 15.1 Å². The molecule has 4 aliphatic heterocycles. The van der Waals surface area contributed by atoms with Crippen molar-refractivity contribution in [1.82, 2.24) is 4.90 Å². The van der Waals surface area contributed by atoms with Crippen LogP contribution in [0.5, 0.6) is 0 Å².